The highest BCUT2D eigenvalue weighted by Gasteiger charge is 2.25. The number of rotatable bonds is 2. The molecule has 0 N–H and O–H groups in total. The number of fused-ring (bicyclic) bond motifs is 5. The normalized spacial score (nSPS) is 11.5. The molecule has 3 aromatic heterocycles. The summed E-state index contributed by atoms with van der Waals surface area (Å²) in [6, 6.07) is 35.9. The number of nitrogens with zero attached hydrogens (tertiary/aromatic N) is 2. The molecule has 3 heteroatoms. The molecule has 0 aliphatic rings. The molecule has 3 heterocycles. The Kier molecular flexibility index (Phi) is 3.87. The molecule has 0 radical (unpaired) electrons. The SMILES string of the molecule is Clc1ccc2cc3c(-c4ccccc4)c(-c4ccccc4)[n+]4ccccc4n3c2c1. The lowest BCUT2D eigenvalue weighted by atomic mass is 9.98. The van der Waals surface area contributed by atoms with E-state index in [0.29, 0.717) is 0 Å². The van der Waals surface area contributed by atoms with Gasteiger partial charge in [-0.3, -0.25) is 0 Å². The molecular weight excluding hydrogens is 388 g/mol. The lowest BCUT2D eigenvalue weighted by molar-refractivity contribution is -0.501. The van der Waals surface area contributed by atoms with Crippen LogP contribution in [0, 0.1) is 0 Å². The smallest absolute Gasteiger partial charge is 0.198 e. The van der Waals surface area contributed by atoms with Crippen LogP contribution in [-0.4, -0.2) is 4.40 Å². The standard InChI is InChI=1S/C27H18ClN2/c28-22-15-14-21-17-24-26(19-9-3-1-4-10-19)27(20-11-5-2-6-12-20)29-16-8-7-13-25(29)30(24)23(21)18-22/h1-18H/q+1. The molecule has 0 atom stereocenters. The third kappa shape index (κ3) is 2.54. The first-order chi connectivity index (χ1) is 14.8. The Morgan fingerprint density at radius 1 is 0.633 bits per heavy atom. The number of hydrogen-bond acceptors (Lipinski definition) is 0. The third-order valence-corrected chi connectivity index (χ3v) is 5.91. The summed E-state index contributed by atoms with van der Waals surface area (Å²) in [6.45, 7) is 0. The van der Waals surface area contributed by atoms with Crippen molar-refractivity contribution in [3.8, 4) is 22.4 Å². The lowest BCUT2D eigenvalue weighted by Crippen LogP contribution is -2.28. The molecule has 0 aliphatic heterocycles. The molecule has 30 heavy (non-hydrogen) atoms. The van der Waals surface area contributed by atoms with Crippen LogP contribution in [0.3, 0.4) is 0 Å². The van der Waals surface area contributed by atoms with E-state index >= 15 is 0 Å². The Balaban J connectivity index is 1.92. The number of hydrogen-bond donors (Lipinski definition) is 0. The van der Waals surface area contributed by atoms with Crippen molar-refractivity contribution in [1.82, 2.24) is 4.40 Å². The van der Waals surface area contributed by atoms with Crippen LogP contribution >= 0.6 is 11.6 Å². The number of halogens is 1. The minimum atomic E-state index is 0.741. The fourth-order valence-electron chi connectivity index (χ4n) is 4.42. The first kappa shape index (κ1) is 17.3. The molecule has 0 saturated carbocycles. The van der Waals surface area contributed by atoms with E-state index in [1.54, 1.807) is 0 Å². The van der Waals surface area contributed by atoms with Crippen LogP contribution in [0.15, 0.2) is 109 Å². The molecule has 6 rings (SSSR count). The minimum absolute atomic E-state index is 0.741. The molecule has 0 aliphatic carbocycles. The van der Waals surface area contributed by atoms with Crippen LogP contribution in [0.5, 0.6) is 0 Å². The Hall–Kier alpha value is -3.62. The van der Waals surface area contributed by atoms with Gasteiger partial charge in [-0.05, 0) is 29.8 Å². The van der Waals surface area contributed by atoms with Crippen molar-refractivity contribution in [3.05, 3.63) is 114 Å². The quantitative estimate of drug-likeness (QED) is 0.279. The van der Waals surface area contributed by atoms with E-state index in [4.69, 9.17) is 11.6 Å². The van der Waals surface area contributed by atoms with E-state index in [0.717, 1.165) is 16.2 Å². The largest absolute Gasteiger partial charge is 0.292 e. The fraction of sp³-hybridized carbons (Fsp3) is 0. The van der Waals surface area contributed by atoms with Crippen LogP contribution in [-0.2, 0) is 0 Å². The van der Waals surface area contributed by atoms with E-state index in [1.807, 2.05) is 12.1 Å². The van der Waals surface area contributed by atoms with E-state index in [-0.39, 0.29) is 0 Å². The van der Waals surface area contributed by atoms with Crippen molar-refractivity contribution < 1.29 is 4.40 Å². The molecule has 0 spiro atoms. The van der Waals surface area contributed by atoms with Gasteiger partial charge < -0.3 is 0 Å². The van der Waals surface area contributed by atoms with Crippen molar-refractivity contribution in [2.45, 2.75) is 0 Å². The van der Waals surface area contributed by atoms with Crippen LogP contribution in [0.1, 0.15) is 0 Å². The monoisotopic (exact) mass is 405 g/mol. The summed E-state index contributed by atoms with van der Waals surface area (Å²) in [5, 5.41) is 1.91. The van der Waals surface area contributed by atoms with E-state index in [1.165, 1.54) is 33.3 Å². The van der Waals surface area contributed by atoms with Crippen molar-refractivity contribution >= 4 is 33.7 Å². The zero-order valence-electron chi connectivity index (χ0n) is 16.2. The highest BCUT2D eigenvalue weighted by atomic mass is 35.5. The summed E-state index contributed by atoms with van der Waals surface area (Å²) >= 11 is 6.39. The van der Waals surface area contributed by atoms with Gasteiger partial charge in [0.2, 0.25) is 0 Å². The molecule has 3 aromatic carbocycles. The molecule has 6 aromatic rings. The Morgan fingerprint density at radius 3 is 2.10 bits per heavy atom. The van der Waals surface area contributed by atoms with Gasteiger partial charge in [0, 0.05) is 28.1 Å². The highest BCUT2D eigenvalue weighted by Crippen LogP contribution is 2.37. The average molecular weight is 406 g/mol. The Bertz CT molecular complexity index is 1530. The molecule has 0 bridgehead atoms. The summed E-state index contributed by atoms with van der Waals surface area (Å²) in [6.07, 6.45) is 2.14. The molecule has 142 valence electrons. The van der Waals surface area contributed by atoms with Crippen molar-refractivity contribution in [2.24, 2.45) is 0 Å². The van der Waals surface area contributed by atoms with Crippen molar-refractivity contribution in [1.29, 1.82) is 0 Å². The summed E-state index contributed by atoms with van der Waals surface area (Å²) in [4.78, 5) is 0. The van der Waals surface area contributed by atoms with Gasteiger partial charge >= 0.3 is 0 Å². The maximum atomic E-state index is 6.39. The van der Waals surface area contributed by atoms with Gasteiger partial charge in [0.25, 0.3) is 5.65 Å². The highest BCUT2D eigenvalue weighted by molar-refractivity contribution is 6.31. The first-order valence-electron chi connectivity index (χ1n) is 9.99. The van der Waals surface area contributed by atoms with Crippen molar-refractivity contribution in [2.75, 3.05) is 0 Å². The second-order valence-corrected chi connectivity index (χ2v) is 7.89. The van der Waals surface area contributed by atoms with E-state index < -0.39 is 0 Å². The van der Waals surface area contributed by atoms with Gasteiger partial charge in [-0.15, -0.1) is 0 Å². The summed E-state index contributed by atoms with van der Waals surface area (Å²) in [7, 11) is 0. The fourth-order valence-corrected chi connectivity index (χ4v) is 4.59. The number of benzene rings is 3. The van der Waals surface area contributed by atoms with Crippen LogP contribution in [0.2, 0.25) is 5.02 Å². The summed E-state index contributed by atoms with van der Waals surface area (Å²) in [5.74, 6) is 0. The second-order valence-electron chi connectivity index (χ2n) is 7.45. The molecular formula is C27H18ClN2+. The second kappa shape index (κ2) is 6.72. The number of pyridine rings is 1. The van der Waals surface area contributed by atoms with Crippen LogP contribution in [0.25, 0.3) is 44.5 Å². The summed E-state index contributed by atoms with van der Waals surface area (Å²) in [5.41, 5.74) is 8.14. The predicted octanol–water partition coefficient (Wildman–Crippen LogP) is 6.82. The van der Waals surface area contributed by atoms with Gasteiger partial charge in [-0.1, -0.05) is 78.3 Å². The van der Waals surface area contributed by atoms with Crippen molar-refractivity contribution in [3.63, 3.8) is 0 Å². The maximum absolute atomic E-state index is 6.39. The van der Waals surface area contributed by atoms with Crippen LogP contribution < -0.4 is 4.40 Å². The van der Waals surface area contributed by atoms with Gasteiger partial charge in [-0.2, -0.15) is 8.80 Å². The zero-order chi connectivity index (χ0) is 20.1. The third-order valence-electron chi connectivity index (χ3n) is 5.68. The average Bonchev–Trinajstić information content (AvgIpc) is 3.18. The van der Waals surface area contributed by atoms with Crippen LogP contribution in [0.4, 0.5) is 0 Å². The minimum Gasteiger partial charge on any atom is -0.198 e. The molecule has 2 nitrogen and oxygen atoms in total. The summed E-state index contributed by atoms with van der Waals surface area (Å²) < 4.78 is 4.60. The molecule has 0 fully saturated rings. The molecule has 0 amide bonds. The Morgan fingerprint density at radius 2 is 1.33 bits per heavy atom. The molecule has 0 saturated heterocycles. The molecule has 0 unspecified atom stereocenters. The van der Waals surface area contributed by atoms with E-state index in [2.05, 4.69) is 106 Å². The zero-order valence-corrected chi connectivity index (χ0v) is 16.9. The first-order valence-corrected chi connectivity index (χ1v) is 10.4. The van der Waals surface area contributed by atoms with Gasteiger partial charge in [0.05, 0.1) is 11.8 Å². The lowest BCUT2D eigenvalue weighted by Gasteiger charge is -2.12. The van der Waals surface area contributed by atoms with E-state index in [9.17, 15) is 0 Å². The van der Waals surface area contributed by atoms with Gasteiger partial charge in [0.1, 0.15) is 11.0 Å². The number of aromatic nitrogens is 2. The predicted molar refractivity (Wildman–Crippen MR) is 124 cm³/mol. The van der Waals surface area contributed by atoms with Gasteiger partial charge in [-0.25, -0.2) is 0 Å². The van der Waals surface area contributed by atoms with Gasteiger partial charge in [0.15, 0.2) is 5.69 Å². The maximum Gasteiger partial charge on any atom is 0.292 e. The topological polar surface area (TPSA) is 8.51 Å². The Labute approximate surface area is 179 Å².